The molecule has 0 fully saturated rings. The molecule has 46 valence electrons. The van der Waals surface area contributed by atoms with Gasteiger partial charge < -0.3 is 0 Å². The zero-order valence-electron chi connectivity index (χ0n) is 3.00. The van der Waals surface area contributed by atoms with Crippen LogP contribution in [-0.2, 0) is 0 Å². The van der Waals surface area contributed by atoms with E-state index in [9.17, 15) is 0 Å². The predicted molar refractivity (Wildman–Crippen MR) is 39.3 cm³/mol. The molecule has 0 amide bonds. The zero-order chi connectivity index (χ0) is 3.41. The molecule has 0 bridgehead atoms. The van der Waals surface area contributed by atoms with Crippen LogP contribution in [0.4, 0.5) is 0 Å². The first-order valence-electron chi connectivity index (χ1n) is 1.25. The molecule has 0 aliphatic rings. The monoisotopic (exact) mass is 102 g/mol. The molecule has 0 nitrogen and oxygen atoms in total. The predicted octanol–water partition coefficient (Wildman–Crippen LogP) is 2.94. The summed E-state index contributed by atoms with van der Waals surface area (Å²) in [7, 11) is 0. The third-order valence-corrected chi connectivity index (χ3v) is 0.250. The van der Waals surface area contributed by atoms with Gasteiger partial charge in [0.25, 0.3) is 0 Å². The Balaban J connectivity index is -0.0000000150. The van der Waals surface area contributed by atoms with E-state index in [0.29, 0.717) is 0 Å². The summed E-state index contributed by atoms with van der Waals surface area (Å²) in [5.41, 5.74) is 0. The van der Waals surface area contributed by atoms with Crippen LogP contribution in [0.3, 0.4) is 0 Å². The van der Waals surface area contributed by atoms with E-state index in [-0.39, 0.29) is 22.3 Å². The second kappa shape index (κ2) is 47.5. The third kappa shape index (κ3) is 225. The van der Waals surface area contributed by atoms with Crippen molar-refractivity contribution in [1.82, 2.24) is 0 Å². The highest BCUT2D eigenvalue weighted by atomic mass is 13.3. The van der Waals surface area contributed by atoms with Crippen molar-refractivity contribution < 1.29 is 0 Å². The van der Waals surface area contributed by atoms with Gasteiger partial charge in [-0.1, -0.05) is 22.3 Å². The van der Waals surface area contributed by atoms with Gasteiger partial charge in [-0.05, 0) is 13.8 Å². The summed E-state index contributed by atoms with van der Waals surface area (Å²) in [6, 6.07) is 0. The van der Waals surface area contributed by atoms with E-state index in [1.54, 1.807) is 0 Å². The molecule has 0 atom stereocenters. The van der Waals surface area contributed by atoms with Gasteiger partial charge in [0.2, 0.25) is 0 Å². The summed E-state index contributed by atoms with van der Waals surface area (Å²) in [5, 5.41) is 0. The first-order chi connectivity index (χ1) is 1.91. The highest BCUT2D eigenvalue weighted by Gasteiger charge is 1.26. The van der Waals surface area contributed by atoms with Crippen LogP contribution in [0.5, 0.6) is 0 Å². The molecular formula is C7H18. The van der Waals surface area contributed by atoms with E-state index in [0.717, 1.165) is 0 Å². The smallest absolute Gasteiger partial charge is 0.00271 e. The second-order valence-corrected chi connectivity index (χ2v) is 0.500. The van der Waals surface area contributed by atoms with Crippen LogP contribution >= 0.6 is 0 Å². The summed E-state index contributed by atoms with van der Waals surface area (Å²) >= 11 is 0. The van der Waals surface area contributed by atoms with Crippen LogP contribution in [0.1, 0.15) is 36.1 Å². The molecule has 7 heavy (non-hydrogen) atoms. The van der Waals surface area contributed by atoms with Gasteiger partial charge in [0.05, 0.1) is 0 Å². The highest BCUT2D eigenvalue weighted by molar-refractivity contribution is 4.89. The summed E-state index contributed by atoms with van der Waals surface area (Å²) in [6.45, 7) is 3.64. The van der Waals surface area contributed by atoms with Crippen molar-refractivity contribution in [3.63, 3.8) is 0 Å². The Morgan fingerprint density at radius 3 is 0.857 bits per heavy atom. The topological polar surface area (TPSA) is 0 Å². The average Bonchev–Trinajstić information content (AvgIpc) is 1.37. The fraction of sp³-hybridized carbons (Fsp3) is 0.714. The van der Waals surface area contributed by atoms with Crippen LogP contribution in [0.25, 0.3) is 0 Å². The molecule has 0 spiro atoms. The lowest BCUT2D eigenvalue weighted by atomic mass is 10.7. The molecule has 0 heterocycles. The van der Waals surface area contributed by atoms with Crippen LogP contribution in [0.2, 0.25) is 0 Å². The number of hydrogen-bond acceptors (Lipinski definition) is 0. The molecule has 0 N–H and O–H groups in total. The van der Waals surface area contributed by atoms with Gasteiger partial charge in [-0.3, -0.25) is 0 Å². The Bertz CT molecular complexity index is 36.8. The lowest BCUT2D eigenvalue weighted by Crippen LogP contribution is -1.28. The summed E-state index contributed by atoms with van der Waals surface area (Å²) in [6.07, 6.45) is 0. The van der Waals surface area contributed by atoms with Gasteiger partial charge in [0, 0.05) is 0 Å². The Morgan fingerprint density at radius 1 is 0.714 bits per heavy atom. The SMILES string of the molecule is C.C.C.CC#CC. The first-order valence-corrected chi connectivity index (χ1v) is 1.25. The molecule has 0 radical (unpaired) electrons. The second-order valence-electron chi connectivity index (χ2n) is 0.500. The van der Waals surface area contributed by atoms with Gasteiger partial charge in [-0.25, -0.2) is 0 Å². The van der Waals surface area contributed by atoms with E-state index in [4.69, 9.17) is 0 Å². The fourth-order valence-corrected chi connectivity index (χ4v) is 0. The molecule has 0 aliphatic carbocycles. The zero-order valence-corrected chi connectivity index (χ0v) is 3.00. The Hall–Kier alpha value is -0.440. The normalized spacial score (nSPS) is 2.00. The van der Waals surface area contributed by atoms with Crippen molar-refractivity contribution in [3.8, 4) is 11.8 Å². The highest BCUT2D eigenvalue weighted by Crippen LogP contribution is 1.39. The van der Waals surface area contributed by atoms with Crippen LogP contribution in [-0.4, -0.2) is 0 Å². The molecule has 0 heteroatoms. The van der Waals surface area contributed by atoms with Gasteiger partial charge in [-0.15, -0.1) is 11.8 Å². The minimum atomic E-state index is 0. The number of rotatable bonds is 0. The molecule has 0 aromatic carbocycles. The van der Waals surface area contributed by atoms with Crippen LogP contribution in [0, 0.1) is 11.8 Å². The van der Waals surface area contributed by atoms with Crippen molar-refractivity contribution in [1.29, 1.82) is 0 Å². The average molecular weight is 102 g/mol. The molecule has 0 rings (SSSR count). The van der Waals surface area contributed by atoms with Crippen LogP contribution in [0.15, 0.2) is 0 Å². The van der Waals surface area contributed by atoms with Gasteiger partial charge >= 0.3 is 0 Å². The van der Waals surface area contributed by atoms with E-state index in [1.165, 1.54) is 0 Å². The van der Waals surface area contributed by atoms with E-state index >= 15 is 0 Å². The van der Waals surface area contributed by atoms with Crippen molar-refractivity contribution >= 4 is 0 Å². The maximum Gasteiger partial charge on any atom is -0.00271 e. The lowest BCUT2D eigenvalue weighted by Gasteiger charge is -1.40. The molecule has 0 saturated heterocycles. The van der Waals surface area contributed by atoms with E-state index < -0.39 is 0 Å². The van der Waals surface area contributed by atoms with Crippen LogP contribution < -0.4 is 0 Å². The fourth-order valence-electron chi connectivity index (χ4n) is 0. The molecular weight excluding hydrogens is 84.1 g/mol. The van der Waals surface area contributed by atoms with E-state index in [2.05, 4.69) is 11.8 Å². The molecule has 0 aromatic rings. The Labute approximate surface area is 48.9 Å². The quantitative estimate of drug-likeness (QED) is 0.412. The molecule has 0 aliphatic heterocycles. The molecule has 0 aromatic heterocycles. The lowest BCUT2D eigenvalue weighted by molar-refractivity contribution is 1.83. The van der Waals surface area contributed by atoms with E-state index in [1.807, 2.05) is 13.8 Å². The minimum Gasteiger partial charge on any atom is -0.107 e. The first kappa shape index (κ1) is 30.9. The van der Waals surface area contributed by atoms with Gasteiger partial charge in [-0.2, -0.15) is 0 Å². The maximum atomic E-state index is 2.68. The summed E-state index contributed by atoms with van der Waals surface area (Å²) in [4.78, 5) is 0. The molecule has 0 unspecified atom stereocenters. The largest absolute Gasteiger partial charge is 0.107 e. The Kier molecular flexibility index (Phi) is 210. The van der Waals surface area contributed by atoms with Gasteiger partial charge in [0.1, 0.15) is 0 Å². The third-order valence-electron chi connectivity index (χ3n) is 0.250. The van der Waals surface area contributed by atoms with Crippen molar-refractivity contribution in [2.24, 2.45) is 0 Å². The standard InChI is InChI=1S/C4H6.3CH4/c1-3-4-2;;;/h1-2H3;3*1H4. The summed E-state index contributed by atoms with van der Waals surface area (Å²) in [5.74, 6) is 5.36. The minimum absolute atomic E-state index is 0. The maximum absolute atomic E-state index is 2.68. The van der Waals surface area contributed by atoms with Gasteiger partial charge in [0.15, 0.2) is 0 Å². The number of hydrogen-bond donors (Lipinski definition) is 0. The van der Waals surface area contributed by atoms with Crippen molar-refractivity contribution in [2.45, 2.75) is 36.1 Å². The molecule has 0 saturated carbocycles. The summed E-state index contributed by atoms with van der Waals surface area (Å²) < 4.78 is 0. The van der Waals surface area contributed by atoms with Crippen molar-refractivity contribution in [2.75, 3.05) is 0 Å². The van der Waals surface area contributed by atoms with Crippen molar-refractivity contribution in [3.05, 3.63) is 0 Å². The Morgan fingerprint density at radius 2 is 0.857 bits per heavy atom.